The molecule has 0 saturated heterocycles. The summed E-state index contributed by atoms with van der Waals surface area (Å²) in [6, 6.07) is 21.2. The van der Waals surface area contributed by atoms with Gasteiger partial charge in [0.25, 0.3) is 5.91 Å². The van der Waals surface area contributed by atoms with Crippen molar-refractivity contribution in [2.24, 2.45) is 5.10 Å². The number of ether oxygens (including phenoxy) is 1. The zero-order chi connectivity index (χ0) is 22.2. The molecule has 0 aliphatic rings. The number of hydrogen-bond donors (Lipinski definition) is 2. The topological polar surface area (TPSA) is 79.8 Å². The van der Waals surface area contributed by atoms with Crippen LogP contribution in [0.2, 0.25) is 5.02 Å². The van der Waals surface area contributed by atoms with Gasteiger partial charge in [-0.1, -0.05) is 41.9 Å². The number of carbonyl (C=O) groups is 2. The average Bonchev–Trinajstić information content (AvgIpc) is 2.77. The maximum atomic E-state index is 12.4. The van der Waals surface area contributed by atoms with E-state index in [-0.39, 0.29) is 18.2 Å². The Hall–Kier alpha value is -3.64. The Balaban J connectivity index is 1.62. The van der Waals surface area contributed by atoms with Crippen molar-refractivity contribution >= 4 is 34.8 Å². The molecule has 0 aliphatic carbocycles. The molecule has 0 radical (unpaired) electrons. The van der Waals surface area contributed by atoms with Crippen LogP contribution < -0.4 is 15.5 Å². The second-order valence-electron chi connectivity index (χ2n) is 6.80. The number of rotatable bonds is 7. The molecule has 158 valence electrons. The summed E-state index contributed by atoms with van der Waals surface area (Å²) in [5.74, 6) is 0.256. The molecule has 3 aromatic rings. The zero-order valence-corrected chi connectivity index (χ0v) is 17.9. The fourth-order valence-corrected chi connectivity index (χ4v) is 3.04. The Morgan fingerprint density at radius 1 is 0.968 bits per heavy atom. The molecule has 2 amide bonds. The third-order valence-electron chi connectivity index (χ3n) is 4.50. The number of benzene rings is 3. The van der Waals surface area contributed by atoms with Crippen LogP contribution in [0, 0.1) is 0 Å². The first-order valence-corrected chi connectivity index (χ1v) is 9.96. The molecule has 0 saturated carbocycles. The summed E-state index contributed by atoms with van der Waals surface area (Å²) in [5, 5.41) is 7.52. The summed E-state index contributed by atoms with van der Waals surface area (Å²) < 4.78 is 5.13. The lowest BCUT2D eigenvalue weighted by atomic mass is 10.1. The second kappa shape index (κ2) is 10.4. The maximum Gasteiger partial charge on any atom is 0.271 e. The summed E-state index contributed by atoms with van der Waals surface area (Å²) in [5.41, 5.74) is 5.84. The maximum absolute atomic E-state index is 12.4. The Kier molecular flexibility index (Phi) is 7.40. The van der Waals surface area contributed by atoms with E-state index in [4.69, 9.17) is 16.3 Å². The van der Waals surface area contributed by atoms with Crippen molar-refractivity contribution in [1.29, 1.82) is 0 Å². The normalized spacial score (nSPS) is 11.0. The predicted octanol–water partition coefficient (Wildman–Crippen LogP) is 4.68. The van der Waals surface area contributed by atoms with Crippen molar-refractivity contribution in [2.75, 3.05) is 12.4 Å². The molecule has 0 aromatic heterocycles. The van der Waals surface area contributed by atoms with Gasteiger partial charge >= 0.3 is 0 Å². The van der Waals surface area contributed by atoms with Crippen LogP contribution in [0.3, 0.4) is 0 Å². The number of carbonyl (C=O) groups excluding carboxylic acids is 2. The van der Waals surface area contributed by atoms with Gasteiger partial charge in [-0.15, -0.1) is 0 Å². The van der Waals surface area contributed by atoms with Crippen LogP contribution in [0.5, 0.6) is 5.75 Å². The van der Waals surface area contributed by atoms with Gasteiger partial charge in [-0.3, -0.25) is 9.59 Å². The quantitative estimate of drug-likeness (QED) is 0.417. The third-order valence-corrected chi connectivity index (χ3v) is 4.73. The molecular formula is C24H22ClN3O3. The number of nitrogens with one attached hydrogen (secondary N) is 2. The van der Waals surface area contributed by atoms with Crippen molar-refractivity contribution in [1.82, 2.24) is 5.43 Å². The van der Waals surface area contributed by atoms with Crippen molar-refractivity contribution in [3.05, 3.63) is 94.5 Å². The molecule has 0 fully saturated rings. The van der Waals surface area contributed by atoms with Gasteiger partial charge in [-0.2, -0.15) is 5.10 Å². The largest absolute Gasteiger partial charge is 0.497 e. The standard InChI is InChI=1S/C24H22ClN3O3/c1-16(27-28-24(30)19-6-3-7-20(25)14-19)18-5-4-8-21(15-18)26-23(29)13-17-9-11-22(31-2)12-10-17/h3-12,14-15H,13H2,1-2H3,(H,26,29)(H,28,30)/b27-16-. The fourth-order valence-electron chi connectivity index (χ4n) is 2.85. The van der Waals surface area contributed by atoms with Gasteiger partial charge in [0.1, 0.15) is 5.75 Å². The fraction of sp³-hybridized carbons (Fsp3) is 0.125. The summed E-state index contributed by atoms with van der Waals surface area (Å²) in [4.78, 5) is 24.6. The van der Waals surface area contributed by atoms with E-state index in [0.717, 1.165) is 16.9 Å². The van der Waals surface area contributed by atoms with Crippen molar-refractivity contribution < 1.29 is 14.3 Å². The number of anilines is 1. The first-order valence-electron chi connectivity index (χ1n) is 9.58. The van der Waals surface area contributed by atoms with Crippen LogP contribution in [-0.2, 0) is 11.2 Å². The summed E-state index contributed by atoms with van der Waals surface area (Å²) in [6.07, 6.45) is 0.247. The van der Waals surface area contributed by atoms with Gasteiger partial charge in [-0.05, 0) is 60.5 Å². The highest BCUT2D eigenvalue weighted by molar-refractivity contribution is 6.31. The Morgan fingerprint density at radius 3 is 2.39 bits per heavy atom. The van der Waals surface area contributed by atoms with E-state index < -0.39 is 0 Å². The smallest absolute Gasteiger partial charge is 0.271 e. The highest BCUT2D eigenvalue weighted by Gasteiger charge is 2.08. The van der Waals surface area contributed by atoms with Crippen molar-refractivity contribution in [2.45, 2.75) is 13.3 Å². The Morgan fingerprint density at radius 2 is 1.68 bits per heavy atom. The molecule has 0 atom stereocenters. The van der Waals surface area contributed by atoms with Gasteiger partial charge < -0.3 is 10.1 Å². The monoisotopic (exact) mass is 435 g/mol. The highest BCUT2D eigenvalue weighted by atomic mass is 35.5. The molecule has 6 nitrogen and oxygen atoms in total. The van der Waals surface area contributed by atoms with Crippen LogP contribution in [0.15, 0.2) is 77.9 Å². The van der Waals surface area contributed by atoms with Crippen LogP contribution in [0.25, 0.3) is 0 Å². The van der Waals surface area contributed by atoms with E-state index in [9.17, 15) is 9.59 Å². The Labute approximate surface area is 185 Å². The van der Waals surface area contributed by atoms with Gasteiger partial charge in [0.2, 0.25) is 5.91 Å². The van der Waals surface area contributed by atoms with Gasteiger partial charge in [0.05, 0.1) is 19.2 Å². The average molecular weight is 436 g/mol. The lowest BCUT2D eigenvalue weighted by Crippen LogP contribution is -2.19. The van der Waals surface area contributed by atoms with Gasteiger partial charge in [-0.25, -0.2) is 5.43 Å². The van der Waals surface area contributed by atoms with Crippen LogP contribution in [0.1, 0.15) is 28.4 Å². The number of hydrogen-bond acceptors (Lipinski definition) is 4. The number of methoxy groups -OCH3 is 1. The second-order valence-corrected chi connectivity index (χ2v) is 7.24. The minimum atomic E-state index is -0.356. The van der Waals surface area contributed by atoms with E-state index in [0.29, 0.717) is 22.0 Å². The van der Waals surface area contributed by atoms with E-state index in [1.165, 1.54) is 0 Å². The van der Waals surface area contributed by atoms with E-state index in [1.807, 2.05) is 36.4 Å². The number of nitrogens with zero attached hydrogens (tertiary/aromatic N) is 1. The van der Waals surface area contributed by atoms with Crippen molar-refractivity contribution in [3.8, 4) is 5.75 Å². The third kappa shape index (κ3) is 6.42. The highest BCUT2D eigenvalue weighted by Crippen LogP contribution is 2.15. The zero-order valence-electron chi connectivity index (χ0n) is 17.2. The molecule has 0 spiro atoms. The van der Waals surface area contributed by atoms with Crippen LogP contribution in [0.4, 0.5) is 5.69 Å². The molecule has 0 aliphatic heterocycles. The SMILES string of the molecule is COc1ccc(CC(=O)Nc2cccc(/C(C)=N\NC(=O)c3cccc(Cl)c3)c2)cc1. The summed E-state index contributed by atoms with van der Waals surface area (Å²) in [7, 11) is 1.60. The van der Waals surface area contributed by atoms with Crippen molar-refractivity contribution in [3.63, 3.8) is 0 Å². The number of halogens is 1. The number of amides is 2. The molecule has 2 N–H and O–H groups in total. The lowest BCUT2D eigenvalue weighted by Gasteiger charge is -2.08. The molecule has 0 unspecified atom stereocenters. The Bertz CT molecular complexity index is 1110. The molecule has 31 heavy (non-hydrogen) atoms. The molecular weight excluding hydrogens is 414 g/mol. The first-order chi connectivity index (χ1) is 14.9. The van der Waals surface area contributed by atoms with Crippen LogP contribution in [-0.4, -0.2) is 24.6 Å². The summed E-state index contributed by atoms with van der Waals surface area (Å²) in [6.45, 7) is 1.77. The minimum Gasteiger partial charge on any atom is -0.497 e. The molecule has 0 heterocycles. The van der Waals surface area contributed by atoms with E-state index in [2.05, 4.69) is 15.8 Å². The van der Waals surface area contributed by atoms with E-state index >= 15 is 0 Å². The van der Waals surface area contributed by atoms with E-state index in [1.54, 1.807) is 50.4 Å². The van der Waals surface area contributed by atoms with Gasteiger partial charge in [0.15, 0.2) is 0 Å². The first kappa shape index (κ1) is 22.1. The van der Waals surface area contributed by atoms with Gasteiger partial charge in [0, 0.05) is 16.3 Å². The minimum absolute atomic E-state index is 0.133. The molecule has 3 aromatic carbocycles. The lowest BCUT2D eigenvalue weighted by molar-refractivity contribution is -0.115. The summed E-state index contributed by atoms with van der Waals surface area (Å²) >= 11 is 5.92. The number of hydrazone groups is 1. The molecule has 3 rings (SSSR count). The molecule has 0 bridgehead atoms. The predicted molar refractivity (Wildman–Crippen MR) is 123 cm³/mol. The molecule has 7 heteroatoms. The van der Waals surface area contributed by atoms with Crippen LogP contribution >= 0.6 is 11.6 Å².